The zero-order valence-electron chi connectivity index (χ0n) is 11.0. The Labute approximate surface area is 106 Å². The van der Waals surface area contributed by atoms with Crippen LogP contribution in [0.3, 0.4) is 0 Å². The Bertz CT molecular complexity index is 549. The van der Waals surface area contributed by atoms with Crippen LogP contribution in [0.15, 0.2) is 18.2 Å². The van der Waals surface area contributed by atoms with Crippen molar-refractivity contribution in [1.29, 1.82) is 0 Å². The number of methoxy groups -OCH3 is 2. The molecule has 0 unspecified atom stereocenters. The van der Waals surface area contributed by atoms with Crippen LogP contribution < -0.4 is 14.8 Å². The van der Waals surface area contributed by atoms with Gasteiger partial charge in [0, 0.05) is 18.7 Å². The topological polar surface area (TPSA) is 59.2 Å². The molecular formula is C13H17N3O2. The van der Waals surface area contributed by atoms with Crippen molar-refractivity contribution >= 4 is 5.82 Å². The third-order valence-electron chi connectivity index (χ3n) is 2.85. The smallest absolute Gasteiger partial charge is 0.161 e. The second kappa shape index (κ2) is 5.00. The number of hydrogen-bond acceptors (Lipinski definition) is 4. The van der Waals surface area contributed by atoms with Crippen LogP contribution in [0.5, 0.6) is 11.5 Å². The van der Waals surface area contributed by atoms with Gasteiger partial charge in [-0.15, -0.1) is 0 Å². The Balaban J connectivity index is 2.50. The SMILES string of the molecule is CNc1cc(-c2cc(OC)c(OC)cc2C)[nH]n1. The normalized spacial score (nSPS) is 10.2. The summed E-state index contributed by atoms with van der Waals surface area (Å²) in [5, 5.41) is 10.1. The molecule has 5 nitrogen and oxygen atoms in total. The van der Waals surface area contributed by atoms with E-state index >= 15 is 0 Å². The molecule has 0 aliphatic rings. The maximum absolute atomic E-state index is 5.31. The zero-order valence-corrected chi connectivity index (χ0v) is 11.0. The van der Waals surface area contributed by atoms with E-state index in [-0.39, 0.29) is 0 Å². The molecule has 0 bridgehead atoms. The summed E-state index contributed by atoms with van der Waals surface area (Å²) >= 11 is 0. The Morgan fingerprint density at radius 2 is 1.78 bits per heavy atom. The number of nitrogens with one attached hydrogen (secondary N) is 2. The van der Waals surface area contributed by atoms with E-state index in [0.717, 1.165) is 28.4 Å². The molecule has 0 atom stereocenters. The molecule has 18 heavy (non-hydrogen) atoms. The number of aromatic nitrogens is 2. The average Bonchev–Trinajstić information content (AvgIpc) is 2.86. The summed E-state index contributed by atoms with van der Waals surface area (Å²) in [6, 6.07) is 5.85. The fraction of sp³-hybridized carbons (Fsp3) is 0.308. The Kier molecular flexibility index (Phi) is 3.41. The maximum atomic E-state index is 5.31. The summed E-state index contributed by atoms with van der Waals surface area (Å²) in [4.78, 5) is 0. The second-order valence-electron chi connectivity index (χ2n) is 3.94. The van der Waals surface area contributed by atoms with E-state index in [1.807, 2.05) is 32.2 Å². The number of aromatic amines is 1. The first kappa shape index (κ1) is 12.3. The molecule has 0 aliphatic heterocycles. The van der Waals surface area contributed by atoms with Crippen LogP contribution in [0.25, 0.3) is 11.3 Å². The standard InChI is InChI=1S/C13H17N3O2/c1-8-5-11(17-3)12(18-4)6-9(8)10-7-13(14-2)16-15-10/h5-7H,1-4H3,(H2,14,15,16). The van der Waals surface area contributed by atoms with E-state index in [0.29, 0.717) is 5.75 Å². The summed E-state index contributed by atoms with van der Waals surface area (Å²) < 4.78 is 10.6. The van der Waals surface area contributed by atoms with Gasteiger partial charge in [-0.1, -0.05) is 0 Å². The van der Waals surface area contributed by atoms with Gasteiger partial charge in [-0.2, -0.15) is 5.10 Å². The lowest BCUT2D eigenvalue weighted by Gasteiger charge is -2.11. The molecule has 1 aromatic heterocycles. The lowest BCUT2D eigenvalue weighted by Crippen LogP contribution is -1.93. The maximum Gasteiger partial charge on any atom is 0.161 e. The van der Waals surface area contributed by atoms with E-state index in [4.69, 9.17) is 9.47 Å². The van der Waals surface area contributed by atoms with Crippen molar-refractivity contribution in [1.82, 2.24) is 10.2 Å². The number of nitrogens with zero attached hydrogens (tertiary/aromatic N) is 1. The summed E-state index contributed by atoms with van der Waals surface area (Å²) in [6.07, 6.45) is 0. The van der Waals surface area contributed by atoms with E-state index in [1.54, 1.807) is 14.2 Å². The van der Waals surface area contributed by atoms with Gasteiger partial charge in [0.25, 0.3) is 0 Å². The highest BCUT2D eigenvalue weighted by Crippen LogP contribution is 2.35. The molecule has 0 spiro atoms. The molecular weight excluding hydrogens is 230 g/mol. The van der Waals surface area contributed by atoms with Gasteiger partial charge in [0.05, 0.1) is 19.9 Å². The number of H-pyrrole nitrogens is 1. The van der Waals surface area contributed by atoms with Crippen molar-refractivity contribution in [2.45, 2.75) is 6.92 Å². The second-order valence-corrected chi connectivity index (χ2v) is 3.94. The first-order chi connectivity index (χ1) is 8.69. The van der Waals surface area contributed by atoms with Crippen LogP contribution in [-0.4, -0.2) is 31.5 Å². The highest BCUT2D eigenvalue weighted by molar-refractivity contribution is 5.70. The van der Waals surface area contributed by atoms with Crippen molar-refractivity contribution in [2.24, 2.45) is 0 Å². The molecule has 0 saturated heterocycles. The predicted molar refractivity (Wildman–Crippen MR) is 71.4 cm³/mol. The van der Waals surface area contributed by atoms with Gasteiger partial charge in [0.15, 0.2) is 11.5 Å². The lowest BCUT2D eigenvalue weighted by molar-refractivity contribution is 0.355. The van der Waals surface area contributed by atoms with Crippen molar-refractivity contribution < 1.29 is 9.47 Å². The van der Waals surface area contributed by atoms with E-state index in [1.165, 1.54) is 0 Å². The van der Waals surface area contributed by atoms with E-state index in [9.17, 15) is 0 Å². The number of ether oxygens (including phenoxy) is 2. The van der Waals surface area contributed by atoms with Gasteiger partial charge < -0.3 is 14.8 Å². The van der Waals surface area contributed by atoms with Gasteiger partial charge in [-0.3, -0.25) is 5.10 Å². The minimum atomic E-state index is 0.707. The quantitative estimate of drug-likeness (QED) is 0.871. The Morgan fingerprint density at radius 1 is 1.11 bits per heavy atom. The molecule has 1 aromatic carbocycles. The number of hydrogen-bond donors (Lipinski definition) is 2. The summed E-state index contributed by atoms with van der Waals surface area (Å²) in [7, 11) is 5.09. The molecule has 0 aliphatic carbocycles. The Morgan fingerprint density at radius 3 is 2.33 bits per heavy atom. The molecule has 1 heterocycles. The van der Waals surface area contributed by atoms with Crippen molar-refractivity contribution in [3.05, 3.63) is 23.8 Å². The first-order valence-electron chi connectivity index (χ1n) is 5.65. The third-order valence-corrected chi connectivity index (χ3v) is 2.85. The summed E-state index contributed by atoms with van der Waals surface area (Å²) in [5.41, 5.74) is 3.08. The van der Waals surface area contributed by atoms with Crippen LogP contribution in [0.2, 0.25) is 0 Å². The molecule has 5 heteroatoms. The minimum Gasteiger partial charge on any atom is -0.493 e. The van der Waals surface area contributed by atoms with Crippen molar-refractivity contribution in [2.75, 3.05) is 26.6 Å². The van der Waals surface area contributed by atoms with Gasteiger partial charge in [0.2, 0.25) is 0 Å². The average molecular weight is 247 g/mol. The van der Waals surface area contributed by atoms with Gasteiger partial charge in [-0.05, 0) is 24.6 Å². The van der Waals surface area contributed by atoms with E-state index in [2.05, 4.69) is 15.5 Å². The third kappa shape index (κ3) is 2.11. The Hall–Kier alpha value is -2.17. The molecule has 2 rings (SSSR count). The molecule has 96 valence electrons. The number of anilines is 1. The monoisotopic (exact) mass is 247 g/mol. The first-order valence-corrected chi connectivity index (χ1v) is 5.65. The highest BCUT2D eigenvalue weighted by atomic mass is 16.5. The molecule has 2 N–H and O–H groups in total. The minimum absolute atomic E-state index is 0.707. The molecule has 0 saturated carbocycles. The summed E-state index contributed by atoms with van der Waals surface area (Å²) in [5.74, 6) is 2.24. The van der Waals surface area contributed by atoms with Gasteiger partial charge in [0.1, 0.15) is 5.82 Å². The number of aryl methyl sites for hydroxylation is 1. The fourth-order valence-electron chi connectivity index (χ4n) is 1.86. The fourth-order valence-corrected chi connectivity index (χ4v) is 1.86. The predicted octanol–water partition coefficient (Wildman–Crippen LogP) is 2.44. The molecule has 0 radical (unpaired) electrons. The largest absolute Gasteiger partial charge is 0.493 e. The van der Waals surface area contributed by atoms with Crippen LogP contribution in [-0.2, 0) is 0 Å². The van der Waals surface area contributed by atoms with Crippen LogP contribution >= 0.6 is 0 Å². The number of benzene rings is 1. The van der Waals surface area contributed by atoms with Crippen LogP contribution in [0, 0.1) is 6.92 Å². The number of rotatable bonds is 4. The molecule has 2 aromatic rings. The van der Waals surface area contributed by atoms with E-state index < -0.39 is 0 Å². The highest BCUT2D eigenvalue weighted by Gasteiger charge is 2.11. The van der Waals surface area contributed by atoms with Crippen LogP contribution in [0.4, 0.5) is 5.82 Å². The van der Waals surface area contributed by atoms with Gasteiger partial charge in [-0.25, -0.2) is 0 Å². The molecule has 0 fully saturated rings. The van der Waals surface area contributed by atoms with Gasteiger partial charge >= 0.3 is 0 Å². The molecule has 0 amide bonds. The van der Waals surface area contributed by atoms with Crippen molar-refractivity contribution in [3.63, 3.8) is 0 Å². The lowest BCUT2D eigenvalue weighted by atomic mass is 10.0. The zero-order chi connectivity index (χ0) is 13.1. The summed E-state index contributed by atoms with van der Waals surface area (Å²) in [6.45, 7) is 2.02. The van der Waals surface area contributed by atoms with Crippen molar-refractivity contribution in [3.8, 4) is 22.8 Å². The van der Waals surface area contributed by atoms with Crippen LogP contribution in [0.1, 0.15) is 5.56 Å².